The number of hydrogen-bond acceptors (Lipinski definition) is 4. The second-order valence-corrected chi connectivity index (χ2v) is 10.1. The van der Waals surface area contributed by atoms with Gasteiger partial charge in [0.2, 0.25) is 5.91 Å². The molecule has 1 fully saturated rings. The lowest BCUT2D eigenvalue weighted by Crippen LogP contribution is -2.29. The first kappa shape index (κ1) is 26.1. The minimum atomic E-state index is -0.964. The molecule has 0 spiro atoms. The van der Waals surface area contributed by atoms with E-state index in [0.717, 1.165) is 39.6 Å². The number of aromatic carboxylic acids is 1. The summed E-state index contributed by atoms with van der Waals surface area (Å²) in [4.78, 5) is 30.0. The molecule has 0 bridgehead atoms. The number of pyridine rings is 1. The van der Waals surface area contributed by atoms with Crippen LogP contribution in [-0.4, -0.2) is 31.6 Å². The lowest BCUT2D eigenvalue weighted by Gasteiger charge is -2.28. The van der Waals surface area contributed by atoms with Crippen molar-refractivity contribution in [1.82, 2.24) is 14.9 Å². The quantitative estimate of drug-likeness (QED) is 0.273. The monoisotopic (exact) mass is 539 g/mol. The number of carboxylic acid groups (broad SMARTS) is 1. The lowest BCUT2D eigenvalue weighted by atomic mass is 9.96. The Morgan fingerprint density at radius 1 is 1.03 bits per heavy atom. The largest absolute Gasteiger partial charge is 0.478 e. The predicted octanol–water partition coefficient (Wildman–Crippen LogP) is 5.63. The number of nitrogens with one attached hydrogen (secondary N) is 2. The van der Waals surface area contributed by atoms with Gasteiger partial charge in [-0.2, -0.15) is 0 Å². The SMILES string of the molecule is CC(=O)Nc1ccc(N2C(=S)N[C@@H](c3ccccn3)[C@@H]2c2cc(C)n(-c3cc(C(=O)O)ccc3C)c2C)cc1. The zero-order valence-electron chi connectivity index (χ0n) is 22.1. The third-order valence-electron chi connectivity index (χ3n) is 7.05. The van der Waals surface area contributed by atoms with E-state index in [4.69, 9.17) is 12.2 Å². The van der Waals surface area contributed by atoms with Gasteiger partial charge in [-0.3, -0.25) is 9.78 Å². The first-order valence-electron chi connectivity index (χ1n) is 12.6. The van der Waals surface area contributed by atoms with E-state index in [1.54, 1.807) is 18.3 Å². The van der Waals surface area contributed by atoms with Crippen LogP contribution in [0.15, 0.2) is 72.9 Å². The smallest absolute Gasteiger partial charge is 0.335 e. The molecule has 2 aromatic heterocycles. The number of amides is 1. The Hall–Kier alpha value is -4.50. The van der Waals surface area contributed by atoms with Gasteiger partial charge in [0.25, 0.3) is 0 Å². The Kier molecular flexibility index (Phi) is 6.93. The van der Waals surface area contributed by atoms with E-state index < -0.39 is 5.97 Å². The summed E-state index contributed by atoms with van der Waals surface area (Å²) in [5.74, 6) is -1.10. The number of anilines is 2. The van der Waals surface area contributed by atoms with Crippen LogP contribution in [0.25, 0.3) is 5.69 Å². The summed E-state index contributed by atoms with van der Waals surface area (Å²) in [5.41, 5.74) is 7.47. The molecular weight excluding hydrogens is 510 g/mol. The Morgan fingerprint density at radius 2 is 1.77 bits per heavy atom. The third-order valence-corrected chi connectivity index (χ3v) is 7.36. The van der Waals surface area contributed by atoms with Gasteiger partial charge in [0.05, 0.1) is 23.3 Å². The highest BCUT2D eigenvalue weighted by atomic mass is 32.1. The highest BCUT2D eigenvalue weighted by Crippen LogP contribution is 2.44. The molecule has 1 amide bonds. The zero-order valence-corrected chi connectivity index (χ0v) is 22.9. The number of carbonyl (C=O) groups excluding carboxylic acids is 1. The summed E-state index contributed by atoms with van der Waals surface area (Å²) in [6, 6.07) is 20.3. The van der Waals surface area contributed by atoms with Crippen LogP contribution in [0.3, 0.4) is 0 Å². The molecule has 39 heavy (non-hydrogen) atoms. The van der Waals surface area contributed by atoms with Gasteiger partial charge in [-0.25, -0.2) is 4.79 Å². The number of rotatable bonds is 6. The van der Waals surface area contributed by atoms with Crippen LogP contribution < -0.4 is 15.5 Å². The average molecular weight is 540 g/mol. The zero-order chi connectivity index (χ0) is 27.8. The maximum Gasteiger partial charge on any atom is 0.335 e. The Balaban J connectivity index is 1.66. The van der Waals surface area contributed by atoms with Crippen molar-refractivity contribution in [2.24, 2.45) is 0 Å². The summed E-state index contributed by atoms with van der Waals surface area (Å²) >= 11 is 5.87. The third kappa shape index (κ3) is 4.88. The van der Waals surface area contributed by atoms with E-state index in [0.29, 0.717) is 10.8 Å². The van der Waals surface area contributed by atoms with Crippen molar-refractivity contribution in [3.63, 3.8) is 0 Å². The van der Waals surface area contributed by atoms with E-state index in [9.17, 15) is 14.7 Å². The van der Waals surface area contributed by atoms with Crippen LogP contribution in [0, 0.1) is 20.8 Å². The van der Waals surface area contributed by atoms with Crippen LogP contribution in [0.5, 0.6) is 0 Å². The number of hydrogen-bond donors (Lipinski definition) is 3. The van der Waals surface area contributed by atoms with Crippen molar-refractivity contribution in [2.75, 3.05) is 10.2 Å². The van der Waals surface area contributed by atoms with Crippen molar-refractivity contribution in [2.45, 2.75) is 39.8 Å². The van der Waals surface area contributed by atoms with Crippen LogP contribution >= 0.6 is 12.2 Å². The number of benzene rings is 2. The van der Waals surface area contributed by atoms with E-state index in [2.05, 4.69) is 31.2 Å². The first-order valence-corrected chi connectivity index (χ1v) is 13.0. The van der Waals surface area contributed by atoms with Gasteiger partial charge in [-0.05, 0) is 98.7 Å². The van der Waals surface area contributed by atoms with E-state index in [-0.39, 0.29) is 23.6 Å². The summed E-state index contributed by atoms with van der Waals surface area (Å²) < 4.78 is 2.10. The lowest BCUT2D eigenvalue weighted by molar-refractivity contribution is -0.114. The van der Waals surface area contributed by atoms with E-state index >= 15 is 0 Å². The summed E-state index contributed by atoms with van der Waals surface area (Å²) in [5, 5.41) is 16.5. The Bertz CT molecular complexity index is 1580. The van der Waals surface area contributed by atoms with Crippen molar-refractivity contribution >= 4 is 40.6 Å². The molecule has 4 aromatic rings. The van der Waals surface area contributed by atoms with Crippen LogP contribution in [-0.2, 0) is 4.79 Å². The fraction of sp³-hybridized carbons (Fsp3) is 0.200. The molecule has 0 unspecified atom stereocenters. The Labute approximate surface area is 232 Å². The van der Waals surface area contributed by atoms with Crippen molar-refractivity contribution in [3.05, 3.63) is 107 Å². The molecule has 3 heterocycles. The Morgan fingerprint density at radius 3 is 2.41 bits per heavy atom. The molecule has 8 nitrogen and oxygen atoms in total. The summed E-state index contributed by atoms with van der Waals surface area (Å²) in [6.07, 6.45) is 1.77. The standard InChI is InChI=1S/C30H29N5O3S/c1-17-8-9-21(29(37)38)16-26(17)34-18(2)15-24(19(34)3)28-27(25-7-5-6-14-31-25)33-30(39)35(28)23-12-10-22(11-13-23)32-20(4)36/h5-16,27-28H,1-4H3,(H,32,36)(H,33,39)(H,37,38)/t27-,28-/m0/s1. The molecule has 0 aliphatic carbocycles. The fourth-order valence-electron chi connectivity index (χ4n) is 5.30. The van der Waals surface area contributed by atoms with Gasteiger partial charge in [0.1, 0.15) is 0 Å². The highest BCUT2D eigenvalue weighted by molar-refractivity contribution is 7.80. The van der Waals surface area contributed by atoms with Crippen molar-refractivity contribution in [1.29, 1.82) is 0 Å². The predicted molar refractivity (Wildman–Crippen MR) is 156 cm³/mol. The molecule has 1 saturated heterocycles. The molecule has 3 N–H and O–H groups in total. The summed E-state index contributed by atoms with van der Waals surface area (Å²) in [6.45, 7) is 7.52. The van der Waals surface area contributed by atoms with Gasteiger partial charge < -0.3 is 25.2 Å². The highest BCUT2D eigenvalue weighted by Gasteiger charge is 2.42. The molecule has 9 heteroatoms. The number of thiocarbonyl (C=S) groups is 1. The van der Waals surface area contributed by atoms with Crippen LogP contribution in [0.1, 0.15) is 57.6 Å². The number of carboxylic acids is 1. The maximum absolute atomic E-state index is 11.7. The fourth-order valence-corrected chi connectivity index (χ4v) is 5.64. The van der Waals surface area contributed by atoms with E-state index in [1.807, 2.05) is 69.3 Å². The van der Waals surface area contributed by atoms with Gasteiger partial charge >= 0.3 is 5.97 Å². The number of nitrogens with zero attached hydrogens (tertiary/aromatic N) is 3. The first-order chi connectivity index (χ1) is 18.7. The minimum absolute atomic E-state index is 0.135. The normalized spacial score (nSPS) is 16.7. The van der Waals surface area contributed by atoms with Gasteiger partial charge in [-0.15, -0.1) is 0 Å². The second kappa shape index (κ2) is 10.3. The van der Waals surface area contributed by atoms with Gasteiger partial charge in [-0.1, -0.05) is 12.1 Å². The molecule has 0 saturated carbocycles. The van der Waals surface area contributed by atoms with Crippen LogP contribution in [0.4, 0.5) is 11.4 Å². The molecular formula is C30H29N5O3S. The van der Waals surface area contributed by atoms with Gasteiger partial charge in [0.15, 0.2) is 5.11 Å². The molecule has 1 aliphatic heterocycles. The average Bonchev–Trinajstić information content (AvgIpc) is 3.40. The molecule has 1 aliphatic rings. The molecule has 198 valence electrons. The van der Waals surface area contributed by atoms with Crippen molar-refractivity contribution in [3.8, 4) is 5.69 Å². The van der Waals surface area contributed by atoms with E-state index in [1.165, 1.54) is 6.92 Å². The van der Waals surface area contributed by atoms with Gasteiger partial charge in [0, 0.05) is 41.6 Å². The summed E-state index contributed by atoms with van der Waals surface area (Å²) in [7, 11) is 0. The molecule has 0 radical (unpaired) electrons. The molecule has 5 rings (SSSR count). The number of aromatic nitrogens is 2. The minimum Gasteiger partial charge on any atom is -0.478 e. The number of carbonyl (C=O) groups is 2. The molecule has 2 atom stereocenters. The topological polar surface area (TPSA) is 99.5 Å². The second-order valence-electron chi connectivity index (χ2n) is 9.69. The number of aryl methyl sites for hydroxylation is 2. The van der Waals surface area contributed by atoms with Crippen molar-refractivity contribution < 1.29 is 14.7 Å². The van der Waals surface area contributed by atoms with Crippen LogP contribution in [0.2, 0.25) is 0 Å². The maximum atomic E-state index is 11.7. The molecule has 2 aromatic carbocycles.